The molecule has 15 heavy (non-hydrogen) atoms. The van der Waals surface area contributed by atoms with Crippen LogP contribution in [0.25, 0.3) is 6.08 Å². The van der Waals surface area contributed by atoms with Gasteiger partial charge in [0.1, 0.15) is 0 Å². The van der Waals surface area contributed by atoms with Crippen LogP contribution in [0.15, 0.2) is 30.3 Å². The number of carboxylic acid groups (broad SMARTS) is 1. The molecule has 0 spiro atoms. The molecule has 0 atom stereocenters. The summed E-state index contributed by atoms with van der Waals surface area (Å²) in [5, 5.41) is 8.50. The number of benzene rings is 1. The van der Waals surface area contributed by atoms with Crippen LogP contribution in [0.5, 0.6) is 0 Å². The molecule has 80 valence electrons. The van der Waals surface area contributed by atoms with Crippen molar-refractivity contribution in [3.8, 4) is 0 Å². The van der Waals surface area contributed by atoms with Crippen molar-refractivity contribution >= 4 is 12.0 Å². The summed E-state index contributed by atoms with van der Waals surface area (Å²) >= 11 is 0. The highest BCUT2D eigenvalue weighted by Crippen LogP contribution is 2.10. The van der Waals surface area contributed by atoms with E-state index in [4.69, 9.17) is 5.11 Å². The molecule has 0 aliphatic heterocycles. The lowest BCUT2D eigenvalue weighted by molar-refractivity contribution is -0.131. The number of hydrogen-bond acceptors (Lipinski definition) is 1. The lowest BCUT2D eigenvalue weighted by atomic mass is 10.1. The maximum absolute atomic E-state index is 10.3. The van der Waals surface area contributed by atoms with E-state index in [9.17, 15) is 4.79 Å². The third-order valence-corrected chi connectivity index (χ3v) is 2.19. The second kappa shape index (κ2) is 6.02. The van der Waals surface area contributed by atoms with E-state index < -0.39 is 5.97 Å². The Morgan fingerprint density at radius 3 is 2.93 bits per heavy atom. The number of aliphatic carboxylic acids is 1. The van der Waals surface area contributed by atoms with Crippen LogP contribution < -0.4 is 0 Å². The largest absolute Gasteiger partial charge is 0.478 e. The standard InChI is InChI=1S/C13H16O2/c1-2-3-5-11-6-4-7-12(10-11)8-9-13(14)15/h4,6-10H,2-3,5H2,1H3,(H,14,15). The lowest BCUT2D eigenvalue weighted by Crippen LogP contribution is -1.87. The molecular weight excluding hydrogens is 188 g/mol. The highest BCUT2D eigenvalue weighted by Gasteiger charge is 1.94. The summed E-state index contributed by atoms with van der Waals surface area (Å²) in [5.74, 6) is -0.908. The molecular formula is C13H16O2. The average molecular weight is 204 g/mol. The van der Waals surface area contributed by atoms with E-state index in [-0.39, 0.29) is 0 Å². The Kier molecular flexibility index (Phi) is 4.61. The average Bonchev–Trinajstić information content (AvgIpc) is 2.24. The highest BCUT2D eigenvalue weighted by atomic mass is 16.4. The molecule has 0 radical (unpaired) electrons. The topological polar surface area (TPSA) is 37.3 Å². The molecule has 0 amide bonds. The Balaban J connectivity index is 2.69. The Hall–Kier alpha value is -1.57. The zero-order chi connectivity index (χ0) is 11.1. The number of rotatable bonds is 5. The van der Waals surface area contributed by atoms with Gasteiger partial charge in [-0.25, -0.2) is 4.79 Å². The van der Waals surface area contributed by atoms with Crippen LogP contribution in [0.2, 0.25) is 0 Å². The van der Waals surface area contributed by atoms with Gasteiger partial charge in [-0.1, -0.05) is 37.6 Å². The predicted molar refractivity (Wildman–Crippen MR) is 61.7 cm³/mol. The smallest absolute Gasteiger partial charge is 0.328 e. The van der Waals surface area contributed by atoms with Crippen LogP contribution in [-0.4, -0.2) is 11.1 Å². The first-order valence-corrected chi connectivity index (χ1v) is 5.22. The summed E-state index contributed by atoms with van der Waals surface area (Å²) < 4.78 is 0. The fraction of sp³-hybridized carbons (Fsp3) is 0.308. The maximum atomic E-state index is 10.3. The third kappa shape index (κ3) is 4.45. The number of carbonyl (C=O) groups is 1. The summed E-state index contributed by atoms with van der Waals surface area (Å²) in [6.45, 7) is 2.16. The molecule has 0 saturated heterocycles. The summed E-state index contributed by atoms with van der Waals surface area (Å²) in [7, 11) is 0. The van der Waals surface area contributed by atoms with E-state index in [1.807, 2.05) is 18.2 Å². The van der Waals surface area contributed by atoms with Crippen molar-refractivity contribution < 1.29 is 9.90 Å². The van der Waals surface area contributed by atoms with Crippen molar-refractivity contribution in [1.29, 1.82) is 0 Å². The van der Waals surface area contributed by atoms with Crippen LogP contribution in [0.1, 0.15) is 30.9 Å². The molecule has 0 aliphatic carbocycles. The Labute approximate surface area is 90.3 Å². The first kappa shape index (κ1) is 11.5. The molecule has 0 unspecified atom stereocenters. The first-order chi connectivity index (χ1) is 7.22. The Bertz CT molecular complexity index is 353. The van der Waals surface area contributed by atoms with Crippen LogP contribution >= 0.6 is 0 Å². The molecule has 1 rings (SSSR count). The van der Waals surface area contributed by atoms with Gasteiger partial charge in [0.15, 0.2) is 0 Å². The molecule has 0 bridgehead atoms. The molecule has 2 heteroatoms. The van der Waals surface area contributed by atoms with Gasteiger partial charge in [0.2, 0.25) is 0 Å². The lowest BCUT2D eigenvalue weighted by Gasteiger charge is -2.00. The molecule has 0 saturated carbocycles. The van der Waals surface area contributed by atoms with Gasteiger partial charge in [-0.05, 0) is 30.0 Å². The van der Waals surface area contributed by atoms with E-state index in [1.165, 1.54) is 24.5 Å². The van der Waals surface area contributed by atoms with Gasteiger partial charge in [-0.15, -0.1) is 0 Å². The monoisotopic (exact) mass is 204 g/mol. The first-order valence-electron chi connectivity index (χ1n) is 5.22. The van der Waals surface area contributed by atoms with E-state index in [2.05, 4.69) is 13.0 Å². The number of hydrogen-bond donors (Lipinski definition) is 1. The molecule has 1 aromatic rings. The Morgan fingerprint density at radius 1 is 1.47 bits per heavy atom. The fourth-order valence-corrected chi connectivity index (χ4v) is 1.40. The highest BCUT2D eigenvalue weighted by molar-refractivity contribution is 5.85. The second-order valence-corrected chi connectivity index (χ2v) is 3.52. The minimum absolute atomic E-state index is 0.908. The van der Waals surface area contributed by atoms with E-state index >= 15 is 0 Å². The fourth-order valence-electron chi connectivity index (χ4n) is 1.40. The SMILES string of the molecule is CCCCc1cccc(C=CC(=O)O)c1. The van der Waals surface area contributed by atoms with Crippen molar-refractivity contribution in [3.05, 3.63) is 41.5 Å². The number of unbranched alkanes of at least 4 members (excludes halogenated alkanes) is 1. The summed E-state index contributed by atoms with van der Waals surface area (Å²) in [5.41, 5.74) is 2.22. The normalized spacial score (nSPS) is 10.7. The van der Waals surface area contributed by atoms with Crippen LogP contribution in [0, 0.1) is 0 Å². The van der Waals surface area contributed by atoms with E-state index in [0.717, 1.165) is 12.0 Å². The molecule has 1 N–H and O–H groups in total. The minimum Gasteiger partial charge on any atom is -0.478 e. The van der Waals surface area contributed by atoms with Crippen molar-refractivity contribution in [2.45, 2.75) is 26.2 Å². The van der Waals surface area contributed by atoms with Gasteiger partial charge in [0.25, 0.3) is 0 Å². The molecule has 2 nitrogen and oxygen atoms in total. The van der Waals surface area contributed by atoms with Gasteiger partial charge in [-0.2, -0.15) is 0 Å². The third-order valence-electron chi connectivity index (χ3n) is 2.19. The summed E-state index contributed by atoms with van der Waals surface area (Å²) in [4.78, 5) is 10.3. The number of carboxylic acids is 1. The molecule has 0 aromatic heterocycles. The van der Waals surface area contributed by atoms with Gasteiger partial charge >= 0.3 is 5.97 Å². The van der Waals surface area contributed by atoms with Gasteiger partial charge < -0.3 is 5.11 Å². The van der Waals surface area contributed by atoms with Crippen LogP contribution in [0.4, 0.5) is 0 Å². The van der Waals surface area contributed by atoms with Crippen LogP contribution in [-0.2, 0) is 11.2 Å². The quantitative estimate of drug-likeness (QED) is 0.748. The van der Waals surface area contributed by atoms with Crippen LogP contribution in [0.3, 0.4) is 0 Å². The molecule has 1 aromatic carbocycles. The van der Waals surface area contributed by atoms with Crippen molar-refractivity contribution in [2.24, 2.45) is 0 Å². The summed E-state index contributed by atoms with van der Waals surface area (Å²) in [6.07, 6.45) is 6.20. The number of aryl methyl sites for hydroxylation is 1. The zero-order valence-electron chi connectivity index (χ0n) is 8.94. The molecule has 0 heterocycles. The summed E-state index contributed by atoms with van der Waals surface area (Å²) in [6, 6.07) is 7.99. The van der Waals surface area contributed by atoms with Crippen molar-refractivity contribution in [2.75, 3.05) is 0 Å². The molecule has 0 fully saturated rings. The van der Waals surface area contributed by atoms with E-state index in [0.29, 0.717) is 0 Å². The second-order valence-electron chi connectivity index (χ2n) is 3.52. The van der Waals surface area contributed by atoms with Crippen molar-refractivity contribution in [1.82, 2.24) is 0 Å². The maximum Gasteiger partial charge on any atom is 0.328 e. The van der Waals surface area contributed by atoms with Gasteiger partial charge in [0.05, 0.1) is 0 Å². The minimum atomic E-state index is -0.908. The molecule has 0 aliphatic rings. The van der Waals surface area contributed by atoms with Gasteiger partial charge in [-0.3, -0.25) is 0 Å². The predicted octanol–water partition coefficient (Wildman–Crippen LogP) is 3.13. The zero-order valence-corrected chi connectivity index (χ0v) is 8.94. The van der Waals surface area contributed by atoms with Crippen molar-refractivity contribution in [3.63, 3.8) is 0 Å². The Morgan fingerprint density at radius 2 is 2.27 bits per heavy atom. The van der Waals surface area contributed by atoms with Gasteiger partial charge in [0, 0.05) is 6.08 Å². The van der Waals surface area contributed by atoms with E-state index in [1.54, 1.807) is 6.08 Å².